The van der Waals surface area contributed by atoms with Crippen molar-refractivity contribution in [2.45, 2.75) is 44.8 Å². The molecule has 1 aliphatic carbocycles. The van der Waals surface area contributed by atoms with Crippen molar-refractivity contribution in [3.8, 4) is 11.8 Å². The van der Waals surface area contributed by atoms with Crippen molar-refractivity contribution < 1.29 is 15.0 Å². The van der Waals surface area contributed by atoms with Crippen molar-refractivity contribution in [3.05, 3.63) is 34.9 Å². The number of benzene rings is 1. The van der Waals surface area contributed by atoms with Crippen molar-refractivity contribution in [3.63, 3.8) is 0 Å². The SMILES string of the molecule is Cc1ccc(C#CCO)cc1C(=O)NC1CCCCC1O. The van der Waals surface area contributed by atoms with Crippen LogP contribution < -0.4 is 5.32 Å². The van der Waals surface area contributed by atoms with Gasteiger partial charge < -0.3 is 15.5 Å². The minimum absolute atomic E-state index is 0.169. The molecule has 1 amide bonds. The van der Waals surface area contributed by atoms with Gasteiger partial charge in [0.1, 0.15) is 6.61 Å². The fourth-order valence-corrected chi connectivity index (χ4v) is 2.61. The molecule has 21 heavy (non-hydrogen) atoms. The molecular weight excluding hydrogens is 266 g/mol. The Morgan fingerprint density at radius 1 is 1.38 bits per heavy atom. The number of nitrogens with one attached hydrogen (secondary N) is 1. The van der Waals surface area contributed by atoms with E-state index >= 15 is 0 Å². The molecule has 2 rings (SSSR count). The topological polar surface area (TPSA) is 69.6 Å². The van der Waals surface area contributed by atoms with Crippen LogP contribution in [0.1, 0.15) is 47.2 Å². The fourth-order valence-electron chi connectivity index (χ4n) is 2.61. The third kappa shape index (κ3) is 4.07. The first-order valence-electron chi connectivity index (χ1n) is 7.31. The van der Waals surface area contributed by atoms with Crippen molar-refractivity contribution >= 4 is 5.91 Å². The molecule has 112 valence electrons. The normalized spacial score (nSPS) is 21.3. The lowest BCUT2D eigenvalue weighted by atomic mass is 9.92. The standard InChI is InChI=1S/C17H21NO3/c1-12-8-9-13(5-4-10-19)11-14(12)17(21)18-15-6-2-3-7-16(15)20/h8-9,11,15-16,19-20H,2-3,6-7,10H2,1H3,(H,18,21). The van der Waals surface area contributed by atoms with Crippen LogP contribution in [-0.4, -0.2) is 34.9 Å². The molecule has 1 saturated carbocycles. The summed E-state index contributed by atoms with van der Waals surface area (Å²) in [6.45, 7) is 1.67. The van der Waals surface area contributed by atoms with Gasteiger partial charge in [-0.15, -0.1) is 0 Å². The van der Waals surface area contributed by atoms with Gasteiger partial charge in [-0.3, -0.25) is 4.79 Å². The zero-order valence-corrected chi connectivity index (χ0v) is 12.2. The third-order valence-corrected chi connectivity index (χ3v) is 3.84. The van der Waals surface area contributed by atoms with E-state index in [0.717, 1.165) is 31.2 Å². The molecule has 4 nitrogen and oxygen atoms in total. The summed E-state index contributed by atoms with van der Waals surface area (Å²) in [5.74, 6) is 5.20. The zero-order valence-electron chi connectivity index (χ0n) is 12.2. The van der Waals surface area contributed by atoms with Gasteiger partial charge in [-0.05, 0) is 37.5 Å². The van der Waals surface area contributed by atoms with E-state index in [9.17, 15) is 9.90 Å². The predicted molar refractivity (Wildman–Crippen MR) is 80.9 cm³/mol. The molecule has 0 aliphatic heterocycles. The van der Waals surface area contributed by atoms with Crippen LogP contribution in [0.5, 0.6) is 0 Å². The van der Waals surface area contributed by atoms with Gasteiger partial charge >= 0.3 is 0 Å². The lowest BCUT2D eigenvalue weighted by Gasteiger charge is -2.28. The fraction of sp³-hybridized carbons (Fsp3) is 0.471. The van der Waals surface area contributed by atoms with Crippen LogP contribution in [0.15, 0.2) is 18.2 Å². The number of hydrogen-bond acceptors (Lipinski definition) is 3. The molecule has 0 aromatic heterocycles. The van der Waals surface area contributed by atoms with Gasteiger partial charge in [0.25, 0.3) is 5.91 Å². The lowest BCUT2D eigenvalue weighted by Crippen LogP contribution is -2.45. The van der Waals surface area contributed by atoms with E-state index in [2.05, 4.69) is 17.2 Å². The van der Waals surface area contributed by atoms with E-state index in [1.54, 1.807) is 6.07 Å². The predicted octanol–water partition coefficient (Wildman–Crippen LogP) is 1.37. The van der Waals surface area contributed by atoms with Gasteiger partial charge in [0.2, 0.25) is 0 Å². The number of carbonyl (C=O) groups is 1. The van der Waals surface area contributed by atoms with Gasteiger partial charge in [0.15, 0.2) is 0 Å². The second-order valence-electron chi connectivity index (χ2n) is 5.42. The van der Waals surface area contributed by atoms with Gasteiger partial charge in [-0.2, -0.15) is 0 Å². The Labute approximate surface area is 125 Å². The smallest absolute Gasteiger partial charge is 0.251 e. The molecular formula is C17H21NO3. The van der Waals surface area contributed by atoms with Gasteiger partial charge in [-0.25, -0.2) is 0 Å². The molecule has 1 fully saturated rings. The van der Waals surface area contributed by atoms with Crippen LogP contribution in [0.2, 0.25) is 0 Å². The van der Waals surface area contributed by atoms with E-state index in [4.69, 9.17) is 5.11 Å². The Morgan fingerprint density at radius 2 is 2.14 bits per heavy atom. The van der Waals surface area contributed by atoms with Gasteiger partial charge in [-0.1, -0.05) is 30.7 Å². The minimum atomic E-state index is -0.458. The van der Waals surface area contributed by atoms with Gasteiger partial charge in [0.05, 0.1) is 12.1 Å². The van der Waals surface area contributed by atoms with Crippen LogP contribution in [-0.2, 0) is 0 Å². The number of hydrogen-bond donors (Lipinski definition) is 3. The Balaban J connectivity index is 2.14. The molecule has 2 atom stereocenters. The lowest BCUT2D eigenvalue weighted by molar-refractivity contribution is 0.0717. The Bertz CT molecular complexity index is 571. The number of aliphatic hydroxyl groups excluding tert-OH is 2. The molecule has 4 heteroatoms. The first-order valence-corrected chi connectivity index (χ1v) is 7.31. The summed E-state index contributed by atoms with van der Waals surface area (Å²) in [6.07, 6.45) is 3.14. The number of carbonyl (C=O) groups excluding carboxylic acids is 1. The quantitative estimate of drug-likeness (QED) is 0.720. The van der Waals surface area contributed by atoms with Crippen molar-refractivity contribution in [1.82, 2.24) is 5.32 Å². The van der Waals surface area contributed by atoms with Crippen molar-refractivity contribution in [1.29, 1.82) is 0 Å². The van der Waals surface area contributed by atoms with E-state index in [1.165, 1.54) is 0 Å². The molecule has 1 aromatic rings. The van der Waals surface area contributed by atoms with Crippen LogP contribution in [0.25, 0.3) is 0 Å². The van der Waals surface area contributed by atoms with Crippen molar-refractivity contribution in [2.75, 3.05) is 6.61 Å². The Kier molecular flexibility index (Phi) is 5.38. The second-order valence-corrected chi connectivity index (χ2v) is 5.42. The summed E-state index contributed by atoms with van der Waals surface area (Å²) >= 11 is 0. The summed E-state index contributed by atoms with van der Waals surface area (Å²) in [5, 5.41) is 21.6. The monoisotopic (exact) mass is 287 g/mol. The first kappa shape index (κ1) is 15.6. The first-order chi connectivity index (χ1) is 10.1. The zero-order chi connectivity index (χ0) is 15.2. The summed E-state index contributed by atoms with van der Waals surface area (Å²) in [6, 6.07) is 5.22. The highest BCUT2D eigenvalue weighted by molar-refractivity contribution is 5.96. The molecule has 1 aromatic carbocycles. The van der Waals surface area contributed by atoms with E-state index in [1.807, 2.05) is 19.1 Å². The Hall–Kier alpha value is -1.83. The summed E-state index contributed by atoms with van der Waals surface area (Å²) < 4.78 is 0. The van der Waals surface area contributed by atoms with E-state index in [-0.39, 0.29) is 18.6 Å². The third-order valence-electron chi connectivity index (χ3n) is 3.84. The number of amides is 1. The Morgan fingerprint density at radius 3 is 2.86 bits per heavy atom. The average Bonchev–Trinajstić information content (AvgIpc) is 2.48. The maximum absolute atomic E-state index is 12.4. The average molecular weight is 287 g/mol. The summed E-state index contributed by atoms with van der Waals surface area (Å²) in [7, 11) is 0. The highest BCUT2D eigenvalue weighted by atomic mass is 16.3. The molecule has 0 saturated heterocycles. The van der Waals surface area contributed by atoms with Gasteiger partial charge in [0, 0.05) is 11.1 Å². The van der Waals surface area contributed by atoms with Crippen LogP contribution in [0.3, 0.4) is 0 Å². The van der Waals surface area contributed by atoms with Crippen LogP contribution >= 0.6 is 0 Å². The maximum atomic E-state index is 12.4. The summed E-state index contributed by atoms with van der Waals surface area (Å²) in [5.41, 5.74) is 2.13. The van der Waals surface area contributed by atoms with E-state index < -0.39 is 6.10 Å². The molecule has 3 N–H and O–H groups in total. The molecule has 2 unspecified atom stereocenters. The second kappa shape index (κ2) is 7.26. The molecule has 0 radical (unpaired) electrons. The maximum Gasteiger partial charge on any atom is 0.251 e. The van der Waals surface area contributed by atoms with Crippen molar-refractivity contribution in [2.24, 2.45) is 0 Å². The van der Waals surface area contributed by atoms with E-state index in [0.29, 0.717) is 11.1 Å². The number of aliphatic hydroxyl groups is 2. The molecule has 0 heterocycles. The summed E-state index contributed by atoms with van der Waals surface area (Å²) in [4.78, 5) is 12.4. The highest BCUT2D eigenvalue weighted by Gasteiger charge is 2.25. The van der Waals surface area contributed by atoms with Crippen LogP contribution in [0, 0.1) is 18.8 Å². The minimum Gasteiger partial charge on any atom is -0.391 e. The number of rotatable bonds is 2. The molecule has 1 aliphatic rings. The molecule has 0 spiro atoms. The van der Waals surface area contributed by atoms with Crippen LogP contribution in [0.4, 0.5) is 0 Å². The largest absolute Gasteiger partial charge is 0.391 e. The highest BCUT2D eigenvalue weighted by Crippen LogP contribution is 2.19. The number of aryl methyl sites for hydroxylation is 1. The molecule has 0 bridgehead atoms.